The summed E-state index contributed by atoms with van der Waals surface area (Å²) in [6, 6.07) is 1.91. The van der Waals surface area contributed by atoms with Gasteiger partial charge in [0.1, 0.15) is 11.3 Å². The van der Waals surface area contributed by atoms with Crippen molar-refractivity contribution in [3.8, 4) is 5.88 Å². The van der Waals surface area contributed by atoms with E-state index in [0.29, 0.717) is 11.3 Å². The second-order valence-electron chi connectivity index (χ2n) is 6.58. The smallest absolute Gasteiger partial charge is 0.271 e. The number of carbonyl (C=O) groups excluding carboxylic acids is 2. The number of ether oxygens (including phenoxy) is 1. The van der Waals surface area contributed by atoms with Gasteiger partial charge in [0.05, 0.1) is 19.0 Å². The molecule has 4 N–H and O–H groups in total. The minimum absolute atomic E-state index is 0.106. The van der Waals surface area contributed by atoms with Crippen LogP contribution in [-0.2, 0) is 0 Å². The van der Waals surface area contributed by atoms with Gasteiger partial charge >= 0.3 is 0 Å². The zero-order valence-corrected chi connectivity index (χ0v) is 15.7. The summed E-state index contributed by atoms with van der Waals surface area (Å²) in [5.74, 6) is -0.455. The Morgan fingerprint density at radius 3 is 2.67 bits per heavy atom. The number of methoxy groups -OCH3 is 1. The van der Waals surface area contributed by atoms with E-state index < -0.39 is 5.91 Å². The Kier molecular flexibility index (Phi) is 5.70. The van der Waals surface area contributed by atoms with Crippen molar-refractivity contribution in [2.45, 2.75) is 32.7 Å². The monoisotopic (exact) mass is 372 g/mol. The van der Waals surface area contributed by atoms with E-state index in [1.54, 1.807) is 6.07 Å². The van der Waals surface area contributed by atoms with E-state index in [1.165, 1.54) is 13.3 Å². The summed E-state index contributed by atoms with van der Waals surface area (Å²) in [6.07, 6.45) is 3.15. The minimum Gasteiger partial charge on any atom is -0.480 e. The number of nitrogens with zero attached hydrogens (tertiary/aromatic N) is 2. The van der Waals surface area contributed by atoms with Gasteiger partial charge in [0.15, 0.2) is 0 Å². The Bertz CT molecular complexity index is 842. The molecule has 0 aromatic carbocycles. The highest BCUT2D eigenvalue weighted by molar-refractivity contribution is 6.10. The molecule has 0 aliphatic carbocycles. The third kappa shape index (κ3) is 4.25. The maximum absolute atomic E-state index is 12.8. The van der Waals surface area contributed by atoms with Crippen LogP contribution in [0.15, 0.2) is 12.3 Å². The molecule has 0 radical (unpaired) electrons. The third-order valence-corrected chi connectivity index (χ3v) is 4.52. The molecule has 2 aromatic heterocycles. The molecule has 9 nitrogen and oxygen atoms in total. The predicted octanol–water partition coefficient (Wildman–Crippen LogP) is 1.16. The van der Waals surface area contributed by atoms with Crippen LogP contribution in [0.4, 0.5) is 5.69 Å². The lowest BCUT2D eigenvalue weighted by Crippen LogP contribution is -2.43. The normalized spacial score (nSPS) is 14.6. The van der Waals surface area contributed by atoms with Gasteiger partial charge in [-0.05, 0) is 51.4 Å². The molecule has 2 amide bonds. The summed E-state index contributed by atoms with van der Waals surface area (Å²) in [5, 5.41) is 15.5. The van der Waals surface area contributed by atoms with E-state index in [1.807, 2.05) is 13.8 Å². The van der Waals surface area contributed by atoms with Crippen LogP contribution in [0.5, 0.6) is 5.88 Å². The number of hydrogen-bond acceptors (Lipinski definition) is 6. The maximum atomic E-state index is 12.8. The van der Waals surface area contributed by atoms with E-state index in [0.717, 1.165) is 37.2 Å². The summed E-state index contributed by atoms with van der Waals surface area (Å²) in [6.45, 7) is 5.39. The summed E-state index contributed by atoms with van der Waals surface area (Å²) >= 11 is 0. The van der Waals surface area contributed by atoms with Crippen molar-refractivity contribution in [2.75, 3.05) is 25.5 Å². The molecular weight excluding hydrogens is 348 g/mol. The Labute approximate surface area is 157 Å². The molecule has 1 fully saturated rings. The molecule has 0 bridgehead atoms. The van der Waals surface area contributed by atoms with Gasteiger partial charge in [-0.25, -0.2) is 4.98 Å². The molecule has 1 aliphatic heterocycles. The van der Waals surface area contributed by atoms with Crippen LogP contribution in [0, 0.1) is 13.8 Å². The number of piperidine rings is 1. The van der Waals surface area contributed by atoms with Crippen LogP contribution in [-0.4, -0.2) is 53.2 Å². The molecule has 3 rings (SSSR count). The predicted molar refractivity (Wildman–Crippen MR) is 100 cm³/mol. The van der Waals surface area contributed by atoms with E-state index in [-0.39, 0.29) is 23.5 Å². The number of nitrogens with one attached hydrogen (secondary N) is 4. The Morgan fingerprint density at radius 1 is 1.22 bits per heavy atom. The molecule has 0 saturated carbocycles. The fourth-order valence-electron chi connectivity index (χ4n) is 3.19. The van der Waals surface area contributed by atoms with Gasteiger partial charge in [0.2, 0.25) is 5.88 Å². The van der Waals surface area contributed by atoms with Gasteiger partial charge in [-0.3, -0.25) is 14.7 Å². The standard InChI is InChI=1S/C18H24N6O3/c1-10-8-11(2)21-18(27-3)14(10)16(25)23-13-9-20-24-15(13)17(26)22-12-4-6-19-7-5-12/h8-9,12,19H,4-7H2,1-3H3,(H,20,24)(H,22,26)(H,23,25). The van der Waals surface area contributed by atoms with Gasteiger partial charge in [0.25, 0.3) is 11.8 Å². The Morgan fingerprint density at radius 2 is 1.96 bits per heavy atom. The van der Waals surface area contributed by atoms with Crippen LogP contribution >= 0.6 is 0 Å². The van der Waals surface area contributed by atoms with E-state index in [4.69, 9.17) is 4.74 Å². The summed E-state index contributed by atoms with van der Waals surface area (Å²) in [4.78, 5) is 29.6. The topological polar surface area (TPSA) is 121 Å². The number of hydrogen-bond donors (Lipinski definition) is 4. The number of pyridine rings is 1. The second-order valence-corrected chi connectivity index (χ2v) is 6.58. The van der Waals surface area contributed by atoms with Crippen molar-refractivity contribution >= 4 is 17.5 Å². The second kappa shape index (κ2) is 8.17. The molecule has 0 atom stereocenters. The molecule has 27 heavy (non-hydrogen) atoms. The number of aromatic nitrogens is 3. The van der Waals surface area contributed by atoms with Gasteiger partial charge in [-0.1, -0.05) is 0 Å². The van der Waals surface area contributed by atoms with Crippen LogP contribution in [0.1, 0.15) is 44.9 Å². The van der Waals surface area contributed by atoms with Crippen molar-refractivity contribution < 1.29 is 14.3 Å². The fourth-order valence-corrected chi connectivity index (χ4v) is 3.19. The SMILES string of the molecule is COc1nc(C)cc(C)c1C(=O)Nc1cn[nH]c1C(=O)NC1CCNCC1. The average Bonchev–Trinajstić information content (AvgIpc) is 3.09. The largest absolute Gasteiger partial charge is 0.480 e. The quantitative estimate of drug-likeness (QED) is 0.625. The van der Waals surface area contributed by atoms with Gasteiger partial charge < -0.3 is 20.7 Å². The Balaban J connectivity index is 1.76. The summed E-state index contributed by atoms with van der Waals surface area (Å²) in [5.41, 5.74) is 2.35. The van der Waals surface area contributed by atoms with Crippen molar-refractivity contribution in [1.29, 1.82) is 0 Å². The molecular formula is C18H24N6O3. The maximum Gasteiger partial charge on any atom is 0.271 e. The van der Waals surface area contributed by atoms with E-state index in [9.17, 15) is 9.59 Å². The number of amides is 2. The van der Waals surface area contributed by atoms with Crippen LogP contribution in [0.25, 0.3) is 0 Å². The highest BCUT2D eigenvalue weighted by Gasteiger charge is 2.23. The number of aryl methyl sites for hydroxylation is 2. The van der Waals surface area contributed by atoms with Crippen molar-refractivity contribution in [2.24, 2.45) is 0 Å². The molecule has 3 heterocycles. The summed E-state index contributed by atoms with van der Waals surface area (Å²) in [7, 11) is 1.47. The first-order chi connectivity index (χ1) is 13.0. The highest BCUT2D eigenvalue weighted by Crippen LogP contribution is 2.23. The van der Waals surface area contributed by atoms with Gasteiger partial charge in [0, 0.05) is 11.7 Å². The molecule has 0 spiro atoms. The molecule has 1 aliphatic rings. The Hall–Kier alpha value is -2.94. The molecule has 2 aromatic rings. The number of H-pyrrole nitrogens is 1. The van der Waals surface area contributed by atoms with Crippen LogP contribution in [0.3, 0.4) is 0 Å². The zero-order valence-electron chi connectivity index (χ0n) is 15.7. The number of aromatic amines is 1. The van der Waals surface area contributed by atoms with Crippen molar-refractivity contribution in [1.82, 2.24) is 25.8 Å². The lowest BCUT2D eigenvalue weighted by Gasteiger charge is -2.23. The van der Waals surface area contributed by atoms with E-state index >= 15 is 0 Å². The molecule has 0 unspecified atom stereocenters. The van der Waals surface area contributed by atoms with Crippen molar-refractivity contribution in [3.63, 3.8) is 0 Å². The lowest BCUT2D eigenvalue weighted by atomic mass is 10.1. The van der Waals surface area contributed by atoms with Crippen LogP contribution in [0.2, 0.25) is 0 Å². The van der Waals surface area contributed by atoms with Gasteiger partial charge in [-0.15, -0.1) is 0 Å². The molecule has 144 valence electrons. The first kappa shape index (κ1) is 18.8. The number of rotatable bonds is 5. The average molecular weight is 372 g/mol. The zero-order chi connectivity index (χ0) is 19.4. The minimum atomic E-state index is -0.408. The number of carbonyl (C=O) groups is 2. The third-order valence-electron chi connectivity index (χ3n) is 4.52. The lowest BCUT2D eigenvalue weighted by molar-refractivity contribution is 0.0925. The fraction of sp³-hybridized carbons (Fsp3) is 0.444. The van der Waals surface area contributed by atoms with E-state index in [2.05, 4.69) is 31.1 Å². The first-order valence-corrected chi connectivity index (χ1v) is 8.88. The molecule has 1 saturated heterocycles. The van der Waals surface area contributed by atoms with Gasteiger partial charge in [-0.2, -0.15) is 5.10 Å². The van der Waals surface area contributed by atoms with Crippen molar-refractivity contribution in [3.05, 3.63) is 34.8 Å². The highest BCUT2D eigenvalue weighted by atomic mass is 16.5. The number of anilines is 1. The summed E-state index contributed by atoms with van der Waals surface area (Å²) < 4.78 is 5.24. The van der Waals surface area contributed by atoms with Crippen LogP contribution < -0.4 is 20.7 Å². The first-order valence-electron chi connectivity index (χ1n) is 8.88. The molecule has 9 heteroatoms.